The van der Waals surface area contributed by atoms with Gasteiger partial charge < -0.3 is 18.8 Å². The third kappa shape index (κ3) is 4.77. The molecule has 0 radical (unpaired) electrons. The van der Waals surface area contributed by atoms with Gasteiger partial charge in [-0.25, -0.2) is 0 Å². The maximum Gasteiger partial charge on any atom is 0.387 e. The third-order valence-corrected chi connectivity index (χ3v) is 5.08. The van der Waals surface area contributed by atoms with E-state index in [9.17, 15) is 13.6 Å². The highest BCUT2D eigenvalue weighted by molar-refractivity contribution is 6.33. The zero-order valence-electron chi connectivity index (χ0n) is 16.4. The van der Waals surface area contributed by atoms with Crippen molar-refractivity contribution in [2.24, 2.45) is 0 Å². The quantitative estimate of drug-likeness (QED) is 0.491. The largest absolute Gasteiger partial charge is 0.493 e. The van der Waals surface area contributed by atoms with Gasteiger partial charge in [-0.1, -0.05) is 23.7 Å². The number of amides is 1. The van der Waals surface area contributed by atoms with Gasteiger partial charge >= 0.3 is 6.61 Å². The van der Waals surface area contributed by atoms with E-state index in [0.717, 1.165) is 12.8 Å². The summed E-state index contributed by atoms with van der Waals surface area (Å²) in [5.74, 6) is 0.120. The van der Waals surface area contributed by atoms with Gasteiger partial charge in [-0.15, -0.1) is 10.2 Å². The molecule has 31 heavy (non-hydrogen) atoms. The minimum absolute atomic E-state index is 0.0335. The number of aromatic nitrogens is 2. The van der Waals surface area contributed by atoms with Gasteiger partial charge in [-0.3, -0.25) is 4.79 Å². The standard InChI is InChI=1S/C21H18ClF2N3O4/c1-29-17-10-12(6-9-16(17)30-21(23)24)20(28)27(13-7-8-13)11-18-25-26-19(31-18)14-4-2-3-5-15(14)22/h2-6,9-10,13,21H,7-8,11H2,1H3. The summed E-state index contributed by atoms with van der Waals surface area (Å²) < 4.78 is 40.3. The first-order chi connectivity index (χ1) is 15.0. The molecule has 1 aliphatic rings. The van der Waals surface area contributed by atoms with Crippen LogP contribution in [0.1, 0.15) is 29.1 Å². The van der Waals surface area contributed by atoms with Crippen molar-refractivity contribution >= 4 is 17.5 Å². The number of hydrogen-bond acceptors (Lipinski definition) is 6. The van der Waals surface area contributed by atoms with E-state index in [2.05, 4.69) is 14.9 Å². The Kier molecular flexibility index (Phi) is 6.03. The predicted molar refractivity (Wildman–Crippen MR) is 107 cm³/mol. The van der Waals surface area contributed by atoms with Crippen LogP contribution in [-0.2, 0) is 6.54 Å². The van der Waals surface area contributed by atoms with Gasteiger partial charge in [0.1, 0.15) is 0 Å². The monoisotopic (exact) mass is 449 g/mol. The van der Waals surface area contributed by atoms with Gasteiger partial charge in [0.2, 0.25) is 11.8 Å². The number of benzene rings is 2. The summed E-state index contributed by atoms with van der Waals surface area (Å²) in [5, 5.41) is 8.55. The fraction of sp³-hybridized carbons (Fsp3) is 0.286. The van der Waals surface area contributed by atoms with Crippen LogP contribution in [0.15, 0.2) is 46.9 Å². The van der Waals surface area contributed by atoms with Crippen molar-refractivity contribution in [1.29, 1.82) is 0 Å². The minimum Gasteiger partial charge on any atom is -0.493 e. The van der Waals surface area contributed by atoms with Crippen LogP contribution in [-0.4, -0.2) is 40.8 Å². The fourth-order valence-corrected chi connectivity index (χ4v) is 3.34. The Hall–Kier alpha value is -3.20. The van der Waals surface area contributed by atoms with Gasteiger partial charge in [0, 0.05) is 11.6 Å². The summed E-state index contributed by atoms with van der Waals surface area (Å²) >= 11 is 6.18. The summed E-state index contributed by atoms with van der Waals surface area (Å²) in [6.45, 7) is -2.89. The lowest BCUT2D eigenvalue weighted by molar-refractivity contribution is -0.0512. The summed E-state index contributed by atoms with van der Waals surface area (Å²) in [6.07, 6.45) is 1.70. The van der Waals surface area contributed by atoms with Crippen molar-refractivity contribution in [3.8, 4) is 23.0 Å². The number of rotatable bonds is 8. The molecule has 0 atom stereocenters. The topological polar surface area (TPSA) is 77.7 Å². The second-order valence-corrected chi connectivity index (χ2v) is 7.30. The van der Waals surface area contributed by atoms with Crippen molar-refractivity contribution in [2.45, 2.75) is 32.0 Å². The van der Waals surface area contributed by atoms with Crippen LogP contribution in [0.3, 0.4) is 0 Å². The molecule has 0 spiro atoms. The molecular weight excluding hydrogens is 432 g/mol. The molecule has 0 saturated heterocycles. The van der Waals surface area contributed by atoms with Crippen molar-refractivity contribution in [3.63, 3.8) is 0 Å². The van der Waals surface area contributed by atoms with E-state index >= 15 is 0 Å². The third-order valence-electron chi connectivity index (χ3n) is 4.75. The Balaban J connectivity index is 1.55. The molecule has 162 valence electrons. The molecule has 7 nitrogen and oxygen atoms in total. The molecule has 1 amide bonds. The number of methoxy groups -OCH3 is 1. The van der Waals surface area contributed by atoms with Gasteiger partial charge in [-0.2, -0.15) is 8.78 Å². The van der Waals surface area contributed by atoms with Crippen LogP contribution in [0.4, 0.5) is 8.78 Å². The summed E-state index contributed by atoms with van der Waals surface area (Å²) in [4.78, 5) is 14.8. The number of ether oxygens (including phenoxy) is 2. The zero-order chi connectivity index (χ0) is 22.0. The Morgan fingerprint density at radius 3 is 2.68 bits per heavy atom. The van der Waals surface area contributed by atoms with E-state index in [4.69, 9.17) is 20.8 Å². The number of hydrogen-bond donors (Lipinski definition) is 0. The minimum atomic E-state index is -3.00. The van der Waals surface area contributed by atoms with E-state index in [0.29, 0.717) is 10.6 Å². The van der Waals surface area contributed by atoms with Crippen molar-refractivity contribution in [3.05, 3.63) is 58.9 Å². The number of carbonyl (C=O) groups is 1. The first kappa shape index (κ1) is 21.0. The summed E-state index contributed by atoms with van der Waals surface area (Å²) in [7, 11) is 1.31. The molecule has 4 rings (SSSR count). The van der Waals surface area contributed by atoms with Crippen LogP contribution >= 0.6 is 11.6 Å². The fourth-order valence-electron chi connectivity index (χ4n) is 3.12. The Morgan fingerprint density at radius 2 is 2.00 bits per heavy atom. The molecule has 1 fully saturated rings. The van der Waals surface area contributed by atoms with Crippen LogP contribution in [0.25, 0.3) is 11.5 Å². The summed E-state index contributed by atoms with van der Waals surface area (Å²) in [6, 6.07) is 11.2. The average Bonchev–Trinajstić information content (AvgIpc) is 3.49. The van der Waals surface area contributed by atoms with Gasteiger partial charge in [0.15, 0.2) is 11.5 Å². The summed E-state index contributed by atoms with van der Waals surface area (Å²) in [5.41, 5.74) is 0.878. The number of alkyl halides is 2. The molecule has 3 aromatic rings. The molecule has 1 aliphatic carbocycles. The maximum atomic E-state index is 13.1. The molecular formula is C21H18ClF2N3O4. The molecule has 0 unspecified atom stereocenters. The van der Waals surface area contributed by atoms with Gasteiger partial charge in [0.05, 0.1) is 24.2 Å². The molecule has 2 aromatic carbocycles. The number of carbonyl (C=O) groups excluding carboxylic acids is 1. The van der Waals surface area contributed by atoms with Crippen LogP contribution < -0.4 is 9.47 Å². The highest BCUT2D eigenvalue weighted by atomic mass is 35.5. The number of halogens is 3. The maximum absolute atomic E-state index is 13.1. The SMILES string of the molecule is COc1cc(C(=O)N(Cc2nnc(-c3ccccc3Cl)o2)C2CC2)ccc1OC(F)F. The Bertz CT molecular complexity index is 1090. The second kappa shape index (κ2) is 8.89. The van der Waals surface area contributed by atoms with Crippen LogP contribution in [0.5, 0.6) is 11.5 Å². The predicted octanol–water partition coefficient (Wildman–Crippen LogP) is 4.80. The van der Waals surface area contributed by atoms with Crippen LogP contribution in [0.2, 0.25) is 5.02 Å². The zero-order valence-corrected chi connectivity index (χ0v) is 17.2. The smallest absolute Gasteiger partial charge is 0.387 e. The molecule has 10 heteroatoms. The lowest BCUT2D eigenvalue weighted by atomic mass is 10.1. The van der Waals surface area contributed by atoms with Crippen LogP contribution in [0, 0.1) is 0 Å². The molecule has 1 heterocycles. The van der Waals surface area contributed by atoms with E-state index in [-0.39, 0.29) is 47.3 Å². The molecule has 0 N–H and O–H groups in total. The van der Waals surface area contributed by atoms with Gasteiger partial charge in [-0.05, 0) is 43.2 Å². The van der Waals surface area contributed by atoms with E-state index in [1.54, 1.807) is 29.2 Å². The van der Waals surface area contributed by atoms with Crippen molar-refractivity contribution in [1.82, 2.24) is 15.1 Å². The lowest BCUT2D eigenvalue weighted by Crippen LogP contribution is -2.32. The Labute approximate surface area is 181 Å². The molecule has 1 aromatic heterocycles. The first-order valence-corrected chi connectivity index (χ1v) is 9.85. The molecule has 0 aliphatic heterocycles. The lowest BCUT2D eigenvalue weighted by Gasteiger charge is -2.21. The highest BCUT2D eigenvalue weighted by Gasteiger charge is 2.34. The van der Waals surface area contributed by atoms with E-state index in [1.165, 1.54) is 25.3 Å². The Morgan fingerprint density at radius 1 is 1.23 bits per heavy atom. The molecule has 0 bridgehead atoms. The second-order valence-electron chi connectivity index (χ2n) is 6.89. The molecule has 1 saturated carbocycles. The van der Waals surface area contributed by atoms with Crippen molar-refractivity contribution < 1.29 is 27.5 Å². The normalized spacial score (nSPS) is 13.3. The highest BCUT2D eigenvalue weighted by Crippen LogP contribution is 2.34. The van der Waals surface area contributed by atoms with Crippen molar-refractivity contribution in [2.75, 3.05) is 7.11 Å². The van der Waals surface area contributed by atoms with E-state index < -0.39 is 6.61 Å². The first-order valence-electron chi connectivity index (χ1n) is 9.47. The van der Waals surface area contributed by atoms with E-state index in [1.807, 2.05) is 0 Å². The average molecular weight is 450 g/mol. The number of nitrogens with zero attached hydrogens (tertiary/aromatic N) is 3. The van der Waals surface area contributed by atoms with Gasteiger partial charge in [0.25, 0.3) is 5.91 Å².